The lowest BCUT2D eigenvalue weighted by molar-refractivity contribution is -0.118. The van der Waals surface area contributed by atoms with Gasteiger partial charge in [0.1, 0.15) is 11.1 Å². The Morgan fingerprint density at radius 3 is 2.54 bits per heavy atom. The molecule has 194 valence electrons. The number of hydrogen-bond donors (Lipinski definition) is 1. The summed E-state index contributed by atoms with van der Waals surface area (Å²) in [5, 5.41) is 9.00. The van der Waals surface area contributed by atoms with Crippen LogP contribution in [0.25, 0.3) is 21.2 Å². The number of esters is 1. The number of anilines is 2. The topological polar surface area (TPSA) is 123 Å². The molecular weight excluding hydrogens is 538 g/mol. The van der Waals surface area contributed by atoms with E-state index in [-0.39, 0.29) is 23.3 Å². The molecule has 0 radical (unpaired) electrons. The van der Waals surface area contributed by atoms with Crippen molar-refractivity contribution < 1.29 is 19.1 Å². The summed E-state index contributed by atoms with van der Waals surface area (Å²) in [7, 11) is 0. The summed E-state index contributed by atoms with van der Waals surface area (Å²) in [6.07, 6.45) is 0. The summed E-state index contributed by atoms with van der Waals surface area (Å²) < 4.78 is 6.41. The molecule has 0 spiro atoms. The van der Waals surface area contributed by atoms with Crippen molar-refractivity contribution in [1.82, 2.24) is 14.6 Å². The molecule has 6 rings (SSSR count). The van der Waals surface area contributed by atoms with Crippen LogP contribution in [0, 0.1) is 0 Å². The van der Waals surface area contributed by atoms with Crippen LogP contribution < -0.4 is 20.3 Å². The van der Waals surface area contributed by atoms with Crippen molar-refractivity contribution in [2.75, 3.05) is 23.4 Å². The number of para-hydroxylation sites is 1. The van der Waals surface area contributed by atoms with Crippen LogP contribution in [0.2, 0.25) is 0 Å². The summed E-state index contributed by atoms with van der Waals surface area (Å²) in [6.45, 7) is 1.72. The molecule has 10 nitrogen and oxygen atoms in total. The zero-order chi connectivity index (χ0) is 27.1. The average molecular weight is 558 g/mol. The van der Waals surface area contributed by atoms with Crippen LogP contribution in [0.15, 0.2) is 70.8 Å². The maximum atomic E-state index is 13.6. The number of amides is 2. The van der Waals surface area contributed by atoms with Crippen LogP contribution >= 0.6 is 22.7 Å². The number of carbonyl (C=O) groups excluding carboxylic acids is 3. The number of nitrogens with one attached hydrogen (secondary N) is 1. The Bertz CT molecular complexity index is 1860. The molecule has 3 aromatic heterocycles. The van der Waals surface area contributed by atoms with Gasteiger partial charge in [0.05, 0.1) is 28.3 Å². The minimum Gasteiger partial charge on any atom is -0.462 e. The largest absolute Gasteiger partial charge is 0.462 e. The molecule has 0 aliphatic carbocycles. The lowest BCUT2D eigenvalue weighted by Crippen LogP contribution is -2.37. The van der Waals surface area contributed by atoms with E-state index in [1.54, 1.807) is 55.5 Å². The predicted molar refractivity (Wildman–Crippen MR) is 148 cm³/mol. The zero-order valence-electron chi connectivity index (χ0n) is 20.4. The van der Waals surface area contributed by atoms with Crippen LogP contribution in [0.4, 0.5) is 11.4 Å². The second kappa shape index (κ2) is 9.89. The van der Waals surface area contributed by atoms with Crippen molar-refractivity contribution in [3.63, 3.8) is 0 Å². The molecule has 0 unspecified atom stereocenters. The molecule has 0 fully saturated rings. The number of thiazole rings is 1. The number of nitrogens with zero attached hydrogens (tertiary/aromatic N) is 4. The molecule has 0 bridgehead atoms. The summed E-state index contributed by atoms with van der Waals surface area (Å²) >= 11 is 2.57. The first-order valence-electron chi connectivity index (χ1n) is 11.9. The SMILES string of the molecule is CCOC(=O)c1ccc(NC(=O)CN2C(=O)C(=c3sc4nc(-c5cccs5)nn4c3=O)c3ccccc32)cc1. The van der Waals surface area contributed by atoms with Crippen molar-refractivity contribution >= 4 is 62.4 Å². The predicted octanol–water partition coefficient (Wildman–Crippen LogP) is 2.96. The number of hydrogen-bond acceptors (Lipinski definition) is 9. The fraction of sp³-hybridized carbons (Fsp3) is 0.111. The zero-order valence-corrected chi connectivity index (χ0v) is 22.0. The highest BCUT2D eigenvalue weighted by Crippen LogP contribution is 2.35. The van der Waals surface area contributed by atoms with E-state index in [4.69, 9.17) is 4.74 Å². The first-order valence-corrected chi connectivity index (χ1v) is 13.6. The van der Waals surface area contributed by atoms with E-state index < -0.39 is 23.3 Å². The maximum absolute atomic E-state index is 13.6. The summed E-state index contributed by atoms with van der Waals surface area (Å²) in [6, 6.07) is 17.1. The van der Waals surface area contributed by atoms with Crippen molar-refractivity contribution in [1.29, 1.82) is 0 Å². The summed E-state index contributed by atoms with van der Waals surface area (Å²) in [4.78, 5) is 58.8. The second-order valence-corrected chi connectivity index (χ2v) is 10.4. The van der Waals surface area contributed by atoms with Gasteiger partial charge in [-0.2, -0.15) is 9.50 Å². The van der Waals surface area contributed by atoms with E-state index in [0.29, 0.717) is 33.3 Å². The molecule has 0 atom stereocenters. The summed E-state index contributed by atoms with van der Waals surface area (Å²) in [5.41, 5.74) is 1.71. The van der Waals surface area contributed by atoms with E-state index in [2.05, 4.69) is 15.4 Å². The highest BCUT2D eigenvalue weighted by molar-refractivity contribution is 7.15. The van der Waals surface area contributed by atoms with Gasteiger partial charge in [0.15, 0.2) is 5.82 Å². The number of thiophene rings is 1. The Hall–Kier alpha value is -4.68. The van der Waals surface area contributed by atoms with Crippen LogP contribution in [0.3, 0.4) is 0 Å². The fourth-order valence-electron chi connectivity index (χ4n) is 4.30. The smallest absolute Gasteiger partial charge is 0.338 e. The lowest BCUT2D eigenvalue weighted by Gasteiger charge is -2.16. The molecule has 0 saturated heterocycles. The monoisotopic (exact) mass is 557 g/mol. The Morgan fingerprint density at radius 2 is 1.82 bits per heavy atom. The van der Waals surface area contributed by atoms with Crippen LogP contribution in [0.1, 0.15) is 22.8 Å². The number of aromatic nitrogens is 3. The van der Waals surface area contributed by atoms with E-state index in [1.807, 2.05) is 17.5 Å². The van der Waals surface area contributed by atoms with E-state index >= 15 is 0 Å². The average Bonchev–Trinajstić information content (AvgIpc) is 3.71. The number of fused-ring (bicyclic) bond motifs is 2. The standard InChI is InChI=1S/C27H19N5O5S2/c1-2-37-26(36)15-9-11-16(12-10-15)28-20(33)14-31-18-7-4-3-6-17(18)21(24(31)34)22-25(35)32-27(39-22)29-23(30-32)19-8-5-13-38-19/h3-13H,2,14H2,1H3,(H,28,33). The minimum atomic E-state index is -0.455. The molecule has 39 heavy (non-hydrogen) atoms. The van der Waals surface area contributed by atoms with Crippen LogP contribution in [-0.2, 0) is 14.3 Å². The maximum Gasteiger partial charge on any atom is 0.338 e. The van der Waals surface area contributed by atoms with Crippen LogP contribution in [-0.4, -0.2) is 45.5 Å². The number of carbonyl (C=O) groups is 3. The molecule has 4 heterocycles. The Labute approximate surface area is 228 Å². The van der Waals surface area contributed by atoms with E-state index in [0.717, 1.165) is 16.2 Å². The lowest BCUT2D eigenvalue weighted by atomic mass is 10.1. The second-order valence-electron chi connectivity index (χ2n) is 8.47. The first-order chi connectivity index (χ1) is 18.9. The van der Waals surface area contributed by atoms with Gasteiger partial charge in [0.2, 0.25) is 10.9 Å². The molecule has 2 amide bonds. The molecule has 0 saturated carbocycles. The molecule has 2 aromatic carbocycles. The van der Waals surface area contributed by atoms with Crippen molar-refractivity contribution in [2.45, 2.75) is 6.92 Å². The third-order valence-corrected chi connectivity index (χ3v) is 7.93. The Morgan fingerprint density at radius 1 is 1.03 bits per heavy atom. The number of rotatable bonds is 6. The third-order valence-electron chi connectivity index (χ3n) is 6.03. The molecule has 1 N–H and O–H groups in total. The molecule has 12 heteroatoms. The highest BCUT2D eigenvalue weighted by atomic mass is 32.1. The molecule has 1 aliphatic rings. The highest BCUT2D eigenvalue weighted by Gasteiger charge is 2.35. The number of benzene rings is 2. The normalized spacial score (nSPS) is 14.1. The third kappa shape index (κ3) is 4.39. The molecular formula is C27H19N5O5S2. The van der Waals surface area contributed by atoms with Gasteiger partial charge in [0.25, 0.3) is 11.5 Å². The van der Waals surface area contributed by atoms with E-state index in [1.165, 1.54) is 20.8 Å². The van der Waals surface area contributed by atoms with Gasteiger partial charge in [-0.25, -0.2) is 4.79 Å². The molecule has 5 aromatic rings. The van der Waals surface area contributed by atoms with Gasteiger partial charge in [-0.15, -0.1) is 16.4 Å². The van der Waals surface area contributed by atoms with Gasteiger partial charge in [-0.3, -0.25) is 19.3 Å². The Balaban J connectivity index is 1.29. The van der Waals surface area contributed by atoms with Crippen molar-refractivity contribution in [3.8, 4) is 10.7 Å². The fourth-order valence-corrected chi connectivity index (χ4v) is 5.95. The Kier molecular flexibility index (Phi) is 6.25. The van der Waals surface area contributed by atoms with Crippen molar-refractivity contribution in [2.24, 2.45) is 0 Å². The van der Waals surface area contributed by atoms with Gasteiger partial charge in [0, 0.05) is 11.3 Å². The summed E-state index contributed by atoms with van der Waals surface area (Å²) in [5.74, 6) is -0.885. The van der Waals surface area contributed by atoms with Gasteiger partial charge in [-0.05, 0) is 48.7 Å². The van der Waals surface area contributed by atoms with Crippen molar-refractivity contribution in [3.05, 3.63) is 92.1 Å². The van der Waals surface area contributed by atoms with Crippen LogP contribution in [0.5, 0.6) is 0 Å². The first kappa shape index (κ1) is 24.6. The molecule has 1 aliphatic heterocycles. The van der Waals surface area contributed by atoms with Gasteiger partial charge in [-0.1, -0.05) is 35.6 Å². The van der Waals surface area contributed by atoms with E-state index in [9.17, 15) is 19.2 Å². The van der Waals surface area contributed by atoms with Gasteiger partial charge >= 0.3 is 5.97 Å². The van der Waals surface area contributed by atoms with Gasteiger partial charge < -0.3 is 10.1 Å². The quantitative estimate of drug-likeness (QED) is 0.319. The number of ether oxygens (including phenoxy) is 1. The minimum absolute atomic E-state index is 0.220.